The molecular formula is C16H19NO3. The number of hydrogen-bond donors (Lipinski definition) is 1. The van der Waals surface area contributed by atoms with Crippen molar-refractivity contribution in [3.63, 3.8) is 0 Å². The van der Waals surface area contributed by atoms with E-state index in [1.54, 1.807) is 31.4 Å². The van der Waals surface area contributed by atoms with Gasteiger partial charge in [-0.3, -0.25) is 9.59 Å². The summed E-state index contributed by atoms with van der Waals surface area (Å²) in [6.45, 7) is 0.487. The smallest absolute Gasteiger partial charge is 0.224 e. The minimum Gasteiger partial charge on any atom is -0.497 e. The highest BCUT2D eigenvalue weighted by Gasteiger charge is 2.54. The number of rotatable bonds is 3. The fourth-order valence-corrected chi connectivity index (χ4v) is 3.58. The largest absolute Gasteiger partial charge is 0.497 e. The lowest BCUT2D eigenvalue weighted by molar-refractivity contribution is -0.124. The van der Waals surface area contributed by atoms with Crippen LogP contribution < -0.4 is 10.1 Å². The molecule has 1 saturated carbocycles. The van der Waals surface area contributed by atoms with Crippen LogP contribution in [-0.4, -0.2) is 25.3 Å². The zero-order valence-electron chi connectivity index (χ0n) is 11.6. The molecule has 0 aromatic heterocycles. The van der Waals surface area contributed by atoms with Crippen molar-refractivity contribution in [2.45, 2.75) is 25.7 Å². The van der Waals surface area contributed by atoms with E-state index in [4.69, 9.17) is 4.74 Å². The van der Waals surface area contributed by atoms with Gasteiger partial charge >= 0.3 is 0 Å². The van der Waals surface area contributed by atoms with Crippen molar-refractivity contribution < 1.29 is 14.3 Å². The van der Waals surface area contributed by atoms with Crippen molar-refractivity contribution in [2.75, 3.05) is 13.7 Å². The highest BCUT2D eigenvalue weighted by Crippen LogP contribution is 2.46. The Kier molecular flexibility index (Phi) is 3.24. The molecule has 0 bridgehead atoms. The summed E-state index contributed by atoms with van der Waals surface area (Å²) in [6, 6.07) is 7.19. The number of fused-ring (bicyclic) bond motifs is 1. The van der Waals surface area contributed by atoms with Crippen LogP contribution in [0.15, 0.2) is 24.3 Å². The van der Waals surface area contributed by atoms with Gasteiger partial charge in [-0.15, -0.1) is 0 Å². The molecule has 1 saturated heterocycles. The number of ether oxygens (including phenoxy) is 1. The lowest BCUT2D eigenvalue weighted by Gasteiger charge is -2.35. The Labute approximate surface area is 118 Å². The standard InChI is InChI=1S/C16H19NO3/c1-20-12-7-5-11(6-8-12)14(18)16-9-3-2-4-13(16)15(19)17-10-16/h5-8,13H,2-4,9-10H2,1H3,(H,17,19). The molecule has 1 aromatic rings. The zero-order chi connectivity index (χ0) is 14.2. The van der Waals surface area contributed by atoms with Crippen LogP contribution in [0.3, 0.4) is 0 Å². The minimum absolute atomic E-state index is 0.0477. The maximum Gasteiger partial charge on any atom is 0.224 e. The van der Waals surface area contributed by atoms with Crippen LogP contribution in [0.1, 0.15) is 36.0 Å². The second kappa shape index (κ2) is 4.93. The molecule has 4 nitrogen and oxygen atoms in total. The summed E-state index contributed by atoms with van der Waals surface area (Å²) in [5.74, 6) is 0.737. The number of Topliss-reactive ketones (excluding diaryl/α,β-unsaturated/α-hetero) is 1. The van der Waals surface area contributed by atoms with Gasteiger partial charge in [-0.1, -0.05) is 12.8 Å². The topological polar surface area (TPSA) is 55.4 Å². The molecule has 2 atom stereocenters. The first-order chi connectivity index (χ1) is 9.67. The van der Waals surface area contributed by atoms with Gasteiger partial charge in [0.1, 0.15) is 5.75 Å². The van der Waals surface area contributed by atoms with E-state index in [-0.39, 0.29) is 17.6 Å². The molecule has 2 aliphatic rings. The number of nitrogens with one attached hydrogen (secondary N) is 1. The van der Waals surface area contributed by atoms with Crippen molar-refractivity contribution in [1.82, 2.24) is 5.32 Å². The minimum atomic E-state index is -0.524. The molecule has 0 radical (unpaired) electrons. The summed E-state index contributed by atoms with van der Waals surface area (Å²) < 4.78 is 5.12. The molecule has 1 aliphatic heterocycles. The van der Waals surface area contributed by atoms with E-state index in [1.165, 1.54) is 0 Å². The highest BCUT2D eigenvalue weighted by molar-refractivity contribution is 6.05. The van der Waals surface area contributed by atoms with Crippen LogP contribution in [0, 0.1) is 11.3 Å². The van der Waals surface area contributed by atoms with Crippen molar-refractivity contribution in [1.29, 1.82) is 0 Å². The van der Waals surface area contributed by atoms with Gasteiger partial charge < -0.3 is 10.1 Å². The average molecular weight is 273 g/mol. The fourth-order valence-electron chi connectivity index (χ4n) is 3.58. The molecule has 1 amide bonds. The molecule has 1 heterocycles. The monoisotopic (exact) mass is 273 g/mol. The first-order valence-electron chi connectivity index (χ1n) is 7.14. The zero-order valence-corrected chi connectivity index (χ0v) is 11.6. The molecule has 1 N–H and O–H groups in total. The second-order valence-electron chi connectivity index (χ2n) is 5.73. The number of benzene rings is 1. The maximum atomic E-state index is 12.9. The summed E-state index contributed by atoms with van der Waals surface area (Å²) in [7, 11) is 1.60. The van der Waals surface area contributed by atoms with Crippen LogP contribution >= 0.6 is 0 Å². The highest BCUT2D eigenvalue weighted by atomic mass is 16.5. The Morgan fingerprint density at radius 3 is 2.75 bits per heavy atom. The lowest BCUT2D eigenvalue weighted by Crippen LogP contribution is -2.41. The van der Waals surface area contributed by atoms with Gasteiger partial charge in [-0.05, 0) is 37.1 Å². The molecule has 2 fully saturated rings. The third-order valence-corrected chi connectivity index (χ3v) is 4.73. The van der Waals surface area contributed by atoms with Gasteiger partial charge in [0.15, 0.2) is 5.78 Å². The molecule has 2 unspecified atom stereocenters. The number of ketones is 1. The Morgan fingerprint density at radius 1 is 1.30 bits per heavy atom. The van der Waals surface area contributed by atoms with E-state index in [1.807, 2.05) is 0 Å². The Bertz CT molecular complexity index is 537. The van der Waals surface area contributed by atoms with Gasteiger partial charge in [0.05, 0.1) is 18.4 Å². The van der Waals surface area contributed by atoms with Crippen molar-refractivity contribution in [2.24, 2.45) is 11.3 Å². The van der Waals surface area contributed by atoms with Crippen LogP contribution in [0.4, 0.5) is 0 Å². The van der Waals surface area contributed by atoms with Gasteiger partial charge in [0.2, 0.25) is 5.91 Å². The maximum absolute atomic E-state index is 12.9. The van der Waals surface area contributed by atoms with Gasteiger partial charge in [0.25, 0.3) is 0 Å². The first-order valence-corrected chi connectivity index (χ1v) is 7.14. The normalized spacial score (nSPS) is 28.6. The Balaban J connectivity index is 1.93. The fraction of sp³-hybridized carbons (Fsp3) is 0.500. The number of carbonyl (C=O) groups is 2. The van der Waals surface area contributed by atoms with Crippen molar-refractivity contribution in [3.05, 3.63) is 29.8 Å². The Hall–Kier alpha value is -1.84. The van der Waals surface area contributed by atoms with E-state index >= 15 is 0 Å². The molecule has 1 aromatic carbocycles. The number of amides is 1. The summed E-state index contributed by atoms with van der Waals surface area (Å²) in [4.78, 5) is 24.9. The van der Waals surface area contributed by atoms with Crippen LogP contribution in [0.5, 0.6) is 5.75 Å². The second-order valence-corrected chi connectivity index (χ2v) is 5.73. The SMILES string of the molecule is COc1ccc(C(=O)C23CCCCC2C(=O)NC3)cc1. The molecule has 1 aliphatic carbocycles. The molecule has 0 spiro atoms. The first kappa shape index (κ1) is 13.2. The van der Waals surface area contributed by atoms with E-state index in [0.717, 1.165) is 31.4 Å². The summed E-state index contributed by atoms with van der Waals surface area (Å²) >= 11 is 0. The molecule has 106 valence electrons. The number of hydrogen-bond acceptors (Lipinski definition) is 3. The van der Waals surface area contributed by atoms with E-state index in [0.29, 0.717) is 12.1 Å². The van der Waals surface area contributed by atoms with Gasteiger partial charge in [-0.25, -0.2) is 0 Å². The molecule has 20 heavy (non-hydrogen) atoms. The molecular weight excluding hydrogens is 254 g/mol. The lowest BCUT2D eigenvalue weighted by atomic mass is 9.64. The third-order valence-electron chi connectivity index (χ3n) is 4.73. The third kappa shape index (κ3) is 1.90. The predicted octanol–water partition coefficient (Wildman–Crippen LogP) is 2.18. The summed E-state index contributed by atoms with van der Waals surface area (Å²) in [5.41, 5.74) is 0.151. The van der Waals surface area contributed by atoms with Gasteiger partial charge in [0, 0.05) is 12.1 Å². The number of carbonyl (C=O) groups excluding carboxylic acids is 2. The number of methoxy groups -OCH3 is 1. The average Bonchev–Trinajstić information content (AvgIpc) is 2.85. The van der Waals surface area contributed by atoms with E-state index in [2.05, 4.69) is 5.32 Å². The molecule has 3 rings (SSSR count). The molecule has 4 heteroatoms. The predicted molar refractivity (Wildman–Crippen MR) is 74.7 cm³/mol. The van der Waals surface area contributed by atoms with E-state index < -0.39 is 5.41 Å². The Morgan fingerprint density at radius 2 is 2.05 bits per heavy atom. The van der Waals surface area contributed by atoms with E-state index in [9.17, 15) is 9.59 Å². The van der Waals surface area contributed by atoms with Crippen LogP contribution in [0.25, 0.3) is 0 Å². The van der Waals surface area contributed by atoms with Crippen molar-refractivity contribution in [3.8, 4) is 5.75 Å². The van der Waals surface area contributed by atoms with Crippen molar-refractivity contribution >= 4 is 11.7 Å². The van der Waals surface area contributed by atoms with Crippen LogP contribution in [-0.2, 0) is 4.79 Å². The quantitative estimate of drug-likeness (QED) is 0.859. The van der Waals surface area contributed by atoms with Crippen LogP contribution in [0.2, 0.25) is 0 Å². The summed E-state index contributed by atoms with van der Waals surface area (Å²) in [5, 5.41) is 2.89. The van der Waals surface area contributed by atoms with Gasteiger partial charge in [-0.2, -0.15) is 0 Å². The summed E-state index contributed by atoms with van der Waals surface area (Å²) in [6.07, 6.45) is 3.69.